The van der Waals surface area contributed by atoms with Crippen LogP contribution >= 0.6 is 11.6 Å². The van der Waals surface area contributed by atoms with Gasteiger partial charge in [-0.2, -0.15) is 0 Å². The molecule has 1 unspecified atom stereocenters. The van der Waals surface area contributed by atoms with Crippen LogP contribution in [0.1, 0.15) is 12.5 Å². The molecule has 0 fully saturated rings. The number of carboxylic acids is 1. The first kappa shape index (κ1) is 17.8. The molecule has 2 aromatic rings. The van der Waals surface area contributed by atoms with Gasteiger partial charge in [-0.05, 0) is 48.9 Å². The first-order valence-electron chi connectivity index (χ1n) is 7.80. The zero-order valence-electron chi connectivity index (χ0n) is 14.1. The second-order valence-corrected chi connectivity index (χ2v) is 6.12. The molecule has 2 aromatic carbocycles. The molecule has 0 spiro atoms. The van der Waals surface area contributed by atoms with E-state index < -0.39 is 17.9 Å². The van der Waals surface area contributed by atoms with E-state index in [-0.39, 0.29) is 5.76 Å². The summed E-state index contributed by atoms with van der Waals surface area (Å²) in [4.78, 5) is 25.5. The molecule has 1 heterocycles. The zero-order chi connectivity index (χ0) is 18.8. The van der Waals surface area contributed by atoms with Gasteiger partial charge in [0.2, 0.25) is 0 Å². The molecule has 0 aromatic heterocycles. The lowest BCUT2D eigenvalue weighted by atomic mass is 10.1. The summed E-state index contributed by atoms with van der Waals surface area (Å²) >= 11 is 6.00. The lowest BCUT2D eigenvalue weighted by molar-refractivity contribution is -0.139. The van der Waals surface area contributed by atoms with E-state index in [1.54, 1.807) is 49.6 Å². The van der Waals surface area contributed by atoms with Crippen LogP contribution in [0.5, 0.6) is 11.5 Å². The standard InChI is InChI=1S/C19H16ClNO5/c1-11(19(23)24)21-15-10-13(20)5-8-16(15)26-17(18(21)22)9-12-3-6-14(25-2)7-4-12/h3-11H,1-2H3,(H,23,24)/b17-9+. The first-order valence-corrected chi connectivity index (χ1v) is 8.18. The summed E-state index contributed by atoms with van der Waals surface area (Å²) < 4.78 is 10.8. The van der Waals surface area contributed by atoms with Crippen LogP contribution in [0.25, 0.3) is 6.08 Å². The van der Waals surface area contributed by atoms with E-state index in [9.17, 15) is 14.7 Å². The lowest BCUT2D eigenvalue weighted by Gasteiger charge is -2.33. The van der Waals surface area contributed by atoms with Gasteiger partial charge in [0.05, 0.1) is 12.8 Å². The summed E-state index contributed by atoms with van der Waals surface area (Å²) in [6.07, 6.45) is 1.56. The molecule has 1 atom stereocenters. The lowest BCUT2D eigenvalue weighted by Crippen LogP contribution is -2.47. The van der Waals surface area contributed by atoms with Crippen molar-refractivity contribution in [2.75, 3.05) is 12.0 Å². The number of halogens is 1. The van der Waals surface area contributed by atoms with Crippen molar-refractivity contribution in [1.82, 2.24) is 0 Å². The molecule has 1 aliphatic rings. The Morgan fingerprint density at radius 3 is 2.58 bits per heavy atom. The van der Waals surface area contributed by atoms with Crippen LogP contribution in [0.4, 0.5) is 5.69 Å². The molecule has 1 amide bonds. The van der Waals surface area contributed by atoms with E-state index in [1.807, 2.05) is 0 Å². The minimum absolute atomic E-state index is 0.0260. The van der Waals surface area contributed by atoms with E-state index in [2.05, 4.69) is 0 Å². The summed E-state index contributed by atoms with van der Waals surface area (Å²) in [6, 6.07) is 10.7. The summed E-state index contributed by atoms with van der Waals surface area (Å²) in [5, 5.41) is 9.76. The third-order valence-corrected chi connectivity index (χ3v) is 4.22. The summed E-state index contributed by atoms with van der Waals surface area (Å²) in [7, 11) is 1.56. The van der Waals surface area contributed by atoms with E-state index in [1.165, 1.54) is 17.9 Å². The van der Waals surface area contributed by atoms with Crippen LogP contribution in [-0.4, -0.2) is 30.1 Å². The van der Waals surface area contributed by atoms with Crippen LogP contribution in [0.2, 0.25) is 5.02 Å². The molecular weight excluding hydrogens is 358 g/mol. The Hall–Kier alpha value is -2.99. The third-order valence-electron chi connectivity index (χ3n) is 3.99. The highest BCUT2D eigenvalue weighted by atomic mass is 35.5. The number of carboxylic acid groups (broad SMARTS) is 1. The molecule has 1 N–H and O–H groups in total. The fourth-order valence-electron chi connectivity index (χ4n) is 2.59. The molecule has 0 saturated carbocycles. The van der Waals surface area contributed by atoms with Gasteiger partial charge in [-0.1, -0.05) is 23.7 Å². The number of hydrogen-bond donors (Lipinski definition) is 1. The number of methoxy groups -OCH3 is 1. The van der Waals surface area contributed by atoms with Crippen molar-refractivity contribution in [3.05, 3.63) is 58.8 Å². The maximum absolute atomic E-state index is 12.9. The molecule has 0 saturated heterocycles. The predicted molar refractivity (Wildman–Crippen MR) is 97.6 cm³/mol. The van der Waals surface area contributed by atoms with Crippen molar-refractivity contribution < 1.29 is 24.2 Å². The maximum Gasteiger partial charge on any atom is 0.326 e. The highest BCUT2D eigenvalue weighted by molar-refractivity contribution is 6.31. The SMILES string of the molecule is COc1ccc(/C=C2/Oc3ccc(Cl)cc3N(C(C)C(=O)O)C2=O)cc1. The van der Waals surface area contributed by atoms with Crippen molar-refractivity contribution in [3.63, 3.8) is 0 Å². The van der Waals surface area contributed by atoms with Gasteiger partial charge in [0.15, 0.2) is 11.5 Å². The van der Waals surface area contributed by atoms with Crippen molar-refractivity contribution in [1.29, 1.82) is 0 Å². The van der Waals surface area contributed by atoms with Gasteiger partial charge < -0.3 is 14.6 Å². The fourth-order valence-corrected chi connectivity index (χ4v) is 2.76. The van der Waals surface area contributed by atoms with Crippen LogP contribution < -0.4 is 14.4 Å². The second kappa shape index (κ2) is 7.09. The molecule has 1 aliphatic heterocycles. The van der Waals surface area contributed by atoms with Gasteiger partial charge in [0, 0.05) is 5.02 Å². The van der Waals surface area contributed by atoms with Crippen LogP contribution in [-0.2, 0) is 9.59 Å². The Balaban J connectivity index is 2.05. The van der Waals surface area contributed by atoms with Gasteiger partial charge in [-0.25, -0.2) is 4.79 Å². The number of amides is 1. The van der Waals surface area contributed by atoms with Gasteiger partial charge >= 0.3 is 5.97 Å². The highest BCUT2D eigenvalue weighted by Crippen LogP contribution is 2.39. The Morgan fingerprint density at radius 2 is 1.96 bits per heavy atom. The van der Waals surface area contributed by atoms with Crippen molar-refractivity contribution in [3.8, 4) is 11.5 Å². The van der Waals surface area contributed by atoms with Crippen LogP contribution in [0, 0.1) is 0 Å². The number of aliphatic carboxylic acids is 1. The average Bonchev–Trinajstić information content (AvgIpc) is 2.63. The molecule has 7 heteroatoms. The minimum Gasteiger partial charge on any atom is -0.497 e. The summed E-state index contributed by atoms with van der Waals surface area (Å²) in [5.41, 5.74) is 1.04. The highest BCUT2D eigenvalue weighted by Gasteiger charge is 2.36. The molecule has 3 rings (SSSR count). The van der Waals surface area contributed by atoms with E-state index in [0.29, 0.717) is 22.2 Å². The normalized spacial score (nSPS) is 16.0. The Kier molecular flexibility index (Phi) is 4.86. The summed E-state index contributed by atoms with van der Waals surface area (Å²) in [6.45, 7) is 1.43. The van der Waals surface area contributed by atoms with Crippen LogP contribution in [0.3, 0.4) is 0 Å². The molecule has 0 radical (unpaired) electrons. The molecule has 0 aliphatic carbocycles. The topological polar surface area (TPSA) is 76.1 Å². The van der Waals surface area contributed by atoms with Gasteiger partial charge in [-0.3, -0.25) is 9.69 Å². The Labute approximate surface area is 155 Å². The average molecular weight is 374 g/mol. The number of hydrogen-bond acceptors (Lipinski definition) is 4. The number of carbonyl (C=O) groups is 2. The monoisotopic (exact) mass is 373 g/mol. The van der Waals surface area contributed by atoms with Crippen molar-refractivity contribution in [2.24, 2.45) is 0 Å². The molecule has 0 bridgehead atoms. The van der Waals surface area contributed by atoms with Gasteiger partial charge in [-0.15, -0.1) is 0 Å². The zero-order valence-corrected chi connectivity index (χ0v) is 14.9. The third kappa shape index (κ3) is 3.36. The fraction of sp³-hybridized carbons (Fsp3) is 0.158. The number of anilines is 1. The molecule has 26 heavy (non-hydrogen) atoms. The van der Waals surface area contributed by atoms with E-state index in [0.717, 1.165) is 5.56 Å². The number of ether oxygens (including phenoxy) is 2. The number of carbonyl (C=O) groups excluding carboxylic acids is 1. The molecule has 134 valence electrons. The van der Waals surface area contributed by atoms with E-state index in [4.69, 9.17) is 21.1 Å². The predicted octanol–water partition coefficient (Wildman–Crippen LogP) is 3.59. The maximum atomic E-state index is 12.9. The first-order chi connectivity index (χ1) is 12.4. The quantitative estimate of drug-likeness (QED) is 0.829. The van der Waals surface area contributed by atoms with Crippen molar-refractivity contribution in [2.45, 2.75) is 13.0 Å². The number of nitrogens with zero attached hydrogens (tertiary/aromatic N) is 1. The van der Waals surface area contributed by atoms with Crippen LogP contribution in [0.15, 0.2) is 48.2 Å². The second-order valence-electron chi connectivity index (χ2n) is 5.69. The Morgan fingerprint density at radius 1 is 1.27 bits per heavy atom. The van der Waals surface area contributed by atoms with Gasteiger partial charge in [0.1, 0.15) is 11.8 Å². The number of benzene rings is 2. The van der Waals surface area contributed by atoms with Crippen molar-refractivity contribution >= 4 is 35.2 Å². The molecular formula is C19H16ClNO5. The largest absolute Gasteiger partial charge is 0.497 e. The van der Waals surface area contributed by atoms with E-state index >= 15 is 0 Å². The Bertz CT molecular complexity index is 891. The molecule has 6 nitrogen and oxygen atoms in total. The number of fused-ring (bicyclic) bond motifs is 1. The summed E-state index contributed by atoms with van der Waals surface area (Å²) in [5.74, 6) is -0.607. The minimum atomic E-state index is -1.13. The number of rotatable bonds is 4. The smallest absolute Gasteiger partial charge is 0.326 e. The van der Waals surface area contributed by atoms with Gasteiger partial charge in [0.25, 0.3) is 5.91 Å².